The molecule has 0 spiro atoms. The number of benzene rings is 1. The summed E-state index contributed by atoms with van der Waals surface area (Å²) < 4.78 is 0.485. The van der Waals surface area contributed by atoms with E-state index in [9.17, 15) is 4.79 Å². The van der Waals surface area contributed by atoms with Gasteiger partial charge in [0, 0.05) is 4.47 Å². The van der Waals surface area contributed by atoms with Gasteiger partial charge in [0.1, 0.15) is 12.1 Å². The predicted molar refractivity (Wildman–Crippen MR) is 68.1 cm³/mol. The van der Waals surface area contributed by atoms with Crippen LogP contribution >= 0.6 is 15.9 Å². The van der Waals surface area contributed by atoms with Crippen molar-refractivity contribution in [2.75, 3.05) is 5.43 Å². The summed E-state index contributed by atoms with van der Waals surface area (Å²) in [5.41, 5.74) is 3.50. The van der Waals surface area contributed by atoms with Crippen LogP contribution in [0.25, 0.3) is 0 Å². The lowest BCUT2D eigenvalue weighted by Gasteiger charge is -2.08. The minimum Gasteiger partial charge on any atom is -0.478 e. The lowest BCUT2D eigenvalue weighted by atomic mass is 10.1. The Labute approximate surface area is 111 Å². The normalized spacial score (nSPS) is 8.89. The van der Waals surface area contributed by atoms with Crippen molar-refractivity contribution in [2.24, 2.45) is 5.10 Å². The van der Waals surface area contributed by atoms with Gasteiger partial charge >= 0.3 is 5.97 Å². The fourth-order valence-electron chi connectivity index (χ4n) is 1.20. The number of carbonyl (C=O) groups is 1. The van der Waals surface area contributed by atoms with Gasteiger partial charge in [-0.3, -0.25) is 5.43 Å². The zero-order chi connectivity index (χ0) is 13.7. The van der Waals surface area contributed by atoms with E-state index in [0.29, 0.717) is 15.7 Å². The summed E-state index contributed by atoms with van der Waals surface area (Å²) in [6.07, 6.45) is 0. The third kappa shape index (κ3) is 3.06. The second kappa shape index (κ2) is 5.80. The first-order chi connectivity index (χ1) is 8.49. The van der Waals surface area contributed by atoms with E-state index < -0.39 is 5.97 Å². The van der Waals surface area contributed by atoms with Crippen LogP contribution in [0.2, 0.25) is 0 Å². The van der Waals surface area contributed by atoms with Crippen LogP contribution in [0.5, 0.6) is 0 Å². The van der Waals surface area contributed by atoms with Gasteiger partial charge in [-0.1, -0.05) is 0 Å². The number of nitriles is 2. The fraction of sp³-hybridized carbons (Fsp3) is 0.0909. The quantitative estimate of drug-likeness (QED) is 0.657. The molecule has 0 aliphatic heterocycles. The SMILES string of the molecule is Cc1cc(C(=O)O)cc(Br)c1NN=C(C#N)C#N. The van der Waals surface area contributed by atoms with Crippen molar-refractivity contribution in [3.8, 4) is 12.1 Å². The van der Waals surface area contributed by atoms with E-state index in [1.165, 1.54) is 12.1 Å². The number of halogens is 1. The van der Waals surface area contributed by atoms with Crippen molar-refractivity contribution in [2.45, 2.75) is 6.92 Å². The van der Waals surface area contributed by atoms with Crippen molar-refractivity contribution in [3.05, 3.63) is 27.7 Å². The molecule has 0 saturated carbocycles. The molecule has 0 saturated heterocycles. The van der Waals surface area contributed by atoms with Gasteiger partial charge < -0.3 is 5.11 Å². The number of anilines is 1. The number of nitrogens with zero attached hydrogens (tertiary/aromatic N) is 3. The molecule has 6 nitrogen and oxygen atoms in total. The monoisotopic (exact) mass is 306 g/mol. The maximum Gasteiger partial charge on any atom is 0.335 e. The second-order valence-corrected chi connectivity index (χ2v) is 4.11. The van der Waals surface area contributed by atoms with Crippen molar-refractivity contribution in [3.63, 3.8) is 0 Å². The van der Waals surface area contributed by atoms with Gasteiger partial charge in [-0.2, -0.15) is 15.6 Å². The Kier molecular flexibility index (Phi) is 4.41. The van der Waals surface area contributed by atoms with Gasteiger partial charge in [0.25, 0.3) is 0 Å². The largest absolute Gasteiger partial charge is 0.478 e. The molecule has 0 radical (unpaired) electrons. The van der Waals surface area contributed by atoms with Crippen molar-refractivity contribution in [1.82, 2.24) is 0 Å². The minimum absolute atomic E-state index is 0.134. The van der Waals surface area contributed by atoms with Gasteiger partial charge in [-0.15, -0.1) is 0 Å². The Bertz CT molecular complexity index is 571. The van der Waals surface area contributed by atoms with Crippen LogP contribution in [0, 0.1) is 29.6 Å². The van der Waals surface area contributed by atoms with Crippen molar-refractivity contribution in [1.29, 1.82) is 10.5 Å². The molecular formula is C11H7BrN4O2. The number of aromatic carboxylic acids is 1. The van der Waals surface area contributed by atoms with Gasteiger partial charge in [0.05, 0.1) is 11.3 Å². The van der Waals surface area contributed by atoms with E-state index >= 15 is 0 Å². The van der Waals surface area contributed by atoms with Crippen LogP contribution in [0.3, 0.4) is 0 Å². The highest BCUT2D eigenvalue weighted by atomic mass is 79.9. The third-order valence-corrected chi connectivity index (χ3v) is 2.65. The summed E-state index contributed by atoms with van der Waals surface area (Å²) in [7, 11) is 0. The molecule has 0 atom stereocenters. The molecule has 0 bridgehead atoms. The van der Waals surface area contributed by atoms with Crippen molar-refractivity contribution < 1.29 is 9.90 Å². The number of hydrazone groups is 1. The Morgan fingerprint density at radius 1 is 1.44 bits per heavy atom. The average molecular weight is 307 g/mol. The van der Waals surface area contributed by atoms with Crippen LogP contribution in [-0.2, 0) is 0 Å². The van der Waals surface area contributed by atoms with Crippen LogP contribution < -0.4 is 5.43 Å². The zero-order valence-corrected chi connectivity index (χ0v) is 10.8. The first kappa shape index (κ1) is 13.7. The van der Waals surface area contributed by atoms with E-state index in [2.05, 4.69) is 26.5 Å². The van der Waals surface area contributed by atoms with Gasteiger partial charge in [-0.25, -0.2) is 4.79 Å². The summed E-state index contributed by atoms with van der Waals surface area (Å²) in [5.74, 6) is -1.04. The molecule has 1 aromatic rings. The molecule has 1 rings (SSSR count). The average Bonchev–Trinajstić information content (AvgIpc) is 2.32. The minimum atomic E-state index is -1.04. The second-order valence-electron chi connectivity index (χ2n) is 3.25. The summed E-state index contributed by atoms with van der Waals surface area (Å²) in [4.78, 5) is 10.8. The summed E-state index contributed by atoms with van der Waals surface area (Å²) in [5, 5.41) is 29.5. The van der Waals surface area contributed by atoms with E-state index in [-0.39, 0.29) is 11.3 Å². The molecule has 90 valence electrons. The van der Waals surface area contributed by atoms with Crippen LogP contribution in [0.4, 0.5) is 5.69 Å². The number of hydrogen-bond acceptors (Lipinski definition) is 5. The van der Waals surface area contributed by atoms with E-state index in [1.807, 2.05) is 0 Å². The zero-order valence-electron chi connectivity index (χ0n) is 9.23. The topological polar surface area (TPSA) is 109 Å². The molecule has 0 unspecified atom stereocenters. The molecule has 0 aliphatic rings. The summed E-state index contributed by atoms with van der Waals surface area (Å²) >= 11 is 3.20. The molecular weight excluding hydrogens is 300 g/mol. The molecule has 0 aliphatic carbocycles. The lowest BCUT2D eigenvalue weighted by Crippen LogP contribution is -2.02. The number of carboxylic acids is 1. The Morgan fingerprint density at radius 2 is 2.06 bits per heavy atom. The van der Waals surface area contributed by atoms with Gasteiger partial charge in [-0.05, 0) is 40.5 Å². The van der Waals surface area contributed by atoms with E-state index in [1.54, 1.807) is 19.1 Å². The molecule has 18 heavy (non-hydrogen) atoms. The number of rotatable bonds is 3. The highest BCUT2D eigenvalue weighted by molar-refractivity contribution is 9.10. The molecule has 0 amide bonds. The van der Waals surface area contributed by atoms with Crippen molar-refractivity contribution >= 4 is 33.3 Å². The number of aryl methyl sites for hydroxylation is 1. The highest BCUT2D eigenvalue weighted by Crippen LogP contribution is 2.28. The molecule has 0 fully saturated rings. The maximum absolute atomic E-state index is 10.8. The van der Waals surface area contributed by atoms with Crippen LogP contribution in [0.15, 0.2) is 21.7 Å². The Balaban J connectivity index is 3.14. The lowest BCUT2D eigenvalue weighted by molar-refractivity contribution is 0.0696. The number of nitrogens with one attached hydrogen (secondary N) is 1. The standard InChI is InChI=1S/C11H7BrN4O2/c1-6-2-7(11(17)18)3-9(12)10(6)16-15-8(4-13)5-14/h2-3,16H,1H3,(H,17,18). The number of carboxylic acid groups (broad SMARTS) is 1. The van der Waals surface area contributed by atoms with Crippen LogP contribution in [-0.4, -0.2) is 16.8 Å². The molecule has 0 aromatic heterocycles. The van der Waals surface area contributed by atoms with E-state index in [0.717, 1.165) is 0 Å². The summed E-state index contributed by atoms with van der Waals surface area (Å²) in [6, 6.07) is 6.08. The molecule has 0 heterocycles. The Hall–Kier alpha value is -2.38. The number of hydrogen-bond donors (Lipinski definition) is 2. The van der Waals surface area contributed by atoms with Crippen LogP contribution in [0.1, 0.15) is 15.9 Å². The fourth-order valence-corrected chi connectivity index (χ4v) is 1.84. The first-order valence-electron chi connectivity index (χ1n) is 4.67. The predicted octanol–water partition coefficient (Wildman–Crippen LogP) is 2.27. The third-order valence-electron chi connectivity index (χ3n) is 2.03. The molecule has 1 aromatic carbocycles. The first-order valence-corrected chi connectivity index (χ1v) is 5.46. The Morgan fingerprint density at radius 3 is 2.50 bits per heavy atom. The van der Waals surface area contributed by atoms with Gasteiger partial charge in [0.2, 0.25) is 5.71 Å². The highest BCUT2D eigenvalue weighted by Gasteiger charge is 2.10. The van der Waals surface area contributed by atoms with Gasteiger partial charge in [0.15, 0.2) is 0 Å². The smallest absolute Gasteiger partial charge is 0.335 e. The summed E-state index contributed by atoms with van der Waals surface area (Å²) in [6.45, 7) is 1.69. The molecule has 7 heteroatoms. The molecule has 2 N–H and O–H groups in total. The maximum atomic E-state index is 10.8. The van der Waals surface area contributed by atoms with E-state index in [4.69, 9.17) is 15.6 Å².